The van der Waals surface area contributed by atoms with Crippen LogP contribution in [0.1, 0.15) is 18.4 Å². The first-order valence-corrected chi connectivity index (χ1v) is 7.93. The number of fused-ring (bicyclic) bond motifs is 2. The highest BCUT2D eigenvalue weighted by Gasteiger charge is 2.48. The summed E-state index contributed by atoms with van der Waals surface area (Å²) in [5.74, 6) is 0.0322. The number of piperidine rings is 1. The van der Waals surface area contributed by atoms with E-state index in [2.05, 4.69) is 5.32 Å². The number of carbonyl (C=O) groups excluding carboxylic acids is 2. The Kier molecular flexibility index (Phi) is 4.63. The van der Waals surface area contributed by atoms with Crippen molar-refractivity contribution >= 4 is 17.5 Å². The molecule has 1 saturated heterocycles. The molecule has 6 nitrogen and oxygen atoms in total. The third kappa shape index (κ3) is 2.96. The van der Waals surface area contributed by atoms with Gasteiger partial charge in [0.25, 0.3) is 0 Å². The Morgan fingerprint density at radius 3 is 2.74 bits per heavy atom. The smallest absolute Gasteiger partial charge is 0.248 e. The van der Waals surface area contributed by atoms with Crippen LogP contribution in [-0.2, 0) is 24.5 Å². The maximum absolute atomic E-state index is 12.5. The summed E-state index contributed by atoms with van der Waals surface area (Å²) in [7, 11) is 1.60. The fourth-order valence-electron chi connectivity index (χ4n) is 3.40. The lowest BCUT2D eigenvalue weighted by Crippen LogP contribution is -2.49. The highest BCUT2D eigenvalue weighted by atomic mass is 16.5. The van der Waals surface area contributed by atoms with Crippen LogP contribution in [0.5, 0.6) is 0 Å². The Balaban J connectivity index is 1.60. The lowest BCUT2D eigenvalue weighted by atomic mass is 9.73. The number of anilines is 1. The van der Waals surface area contributed by atoms with Crippen molar-refractivity contribution in [2.24, 2.45) is 0 Å². The fourth-order valence-corrected chi connectivity index (χ4v) is 3.40. The Labute approximate surface area is 135 Å². The first kappa shape index (κ1) is 16.0. The molecule has 0 saturated carbocycles. The lowest BCUT2D eigenvalue weighted by molar-refractivity contribution is -0.139. The molecule has 124 valence electrons. The van der Waals surface area contributed by atoms with Gasteiger partial charge >= 0.3 is 0 Å². The highest BCUT2D eigenvalue weighted by Crippen LogP contribution is 2.44. The van der Waals surface area contributed by atoms with E-state index in [1.165, 1.54) is 0 Å². The third-order valence-corrected chi connectivity index (χ3v) is 4.75. The number of nitrogens with one attached hydrogen (secondary N) is 1. The van der Waals surface area contributed by atoms with E-state index in [0.29, 0.717) is 39.1 Å². The zero-order valence-corrected chi connectivity index (χ0v) is 13.3. The zero-order chi connectivity index (χ0) is 16.3. The van der Waals surface area contributed by atoms with E-state index in [9.17, 15) is 9.59 Å². The number of ether oxygens (including phenoxy) is 2. The molecule has 6 heteroatoms. The molecule has 0 aromatic heterocycles. The van der Waals surface area contributed by atoms with Crippen LogP contribution in [0.15, 0.2) is 24.3 Å². The molecule has 2 amide bonds. The molecule has 23 heavy (non-hydrogen) atoms. The second-order valence-corrected chi connectivity index (χ2v) is 6.01. The number of nitrogens with zero attached hydrogens (tertiary/aromatic N) is 1. The normalized spacial score (nSPS) is 18.8. The van der Waals surface area contributed by atoms with E-state index >= 15 is 0 Å². The average molecular weight is 318 g/mol. The van der Waals surface area contributed by atoms with Crippen LogP contribution in [-0.4, -0.2) is 56.7 Å². The van der Waals surface area contributed by atoms with Gasteiger partial charge in [0.05, 0.1) is 18.6 Å². The number of carbonyl (C=O) groups is 2. The van der Waals surface area contributed by atoms with Gasteiger partial charge in [0.1, 0.15) is 6.61 Å². The van der Waals surface area contributed by atoms with Gasteiger partial charge in [-0.1, -0.05) is 18.2 Å². The molecule has 2 aliphatic rings. The molecule has 0 atom stereocenters. The maximum atomic E-state index is 12.5. The first-order valence-electron chi connectivity index (χ1n) is 7.93. The summed E-state index contributed by atoms with van der Waals surface area (Å²) in [4.78, 5) is 26.4. The second-order valence-electron chi connectivity index (χ2n) is 6.01. The van der Waals surface area contributed by atoms with Gasteiger partial charge in [0, 0.05) is 25.9 Å². The third-order valence-electron chi connectivity index (χ3n) is 4.75. The summed E-state index contributed by atoms with van der Waals surface area (Å²) in [5.41, 5.74) is 1.48. The topological polar surface area (TPSA) is 67.9 Å². The highest BCUT2D eigenvalue weighted by molar-refractivity contribution is 6.06. The van der Waals surface area contributed by atoms with Gasteiger partial charge in [-0.2, -0.15) is 0 Å². The standard InChI is InChI=1S/C17H22N2O4/c1-22-10-11-23-12-15(20)19-8-6-17(7-9-19)13-4-2-3-5-14(13)18-16(17)21/h2-5H,6-12H2,1H3,(H,18,21). The number of benzene rings is 1. The molecule has 1 fully saturated rings. The molecule has 2 heterocycles. The molecular formula is C17H22N2O4. The van der Waals surface area contributed by atoms with E-state index in [4.69, 9.17) is 9.47 Å². The summed E-state index contributed by atoms with van der Waals surface area (Å²) in [6, 6.07) is 7.83. The van der Waals surface area contributed by atoms with Crippen molar-refractivity contribution in [3.8, 4) is 0 Å². The number of amides is 2. The summed E-state index contributed by atoms with van der Waals surface area (Å²) >= 11 is 0. The Morgan fingerprint density at radius 1 is 1.26 bits per heavy atom. The Morgan fingerprint density at radius 2 is 2.00 bits per heavy atom. The molecule has 0 bridgehead atoms. The van der Waals surface area contributed by atoms with Crippen molar-refractivity contribution in [1.82, 2.24) is 4.90 Å². The first-order chi connectivity index (χ1) is 11.2. The molecule has 1 spiro atoms. The predicted octanol–water partition coefficient (Wildman–Crippen LogP) is 1.16. The quantitative estimate of drug-likeness (QED) is 0.827. The van der Waals surface area contributed by atoms with Gasteiger partial charge in [0.2, 0.25) is 11.8 Å². The average Bonchev–Trinajstić information content (AvgIpc) is 2.84. The van der Waals surface area contributed by atoms with Crippen molar-refractivity contribution in [1.29, 1.82) is 0 Å². The van der Waals surface area contributed by atoms with Gasteiger partial charge in [0.15, 0.2) is 0 Å². The van der Waals surface area contributed by atoms with E-state index in [1.54, 1.807) is 12.0 Å². The van der Waals surface area contributed by atoms with Gasteiger partial charge in [-0.3, -0.25) is 9.59 Å². The van der Waals surface area contributed by atoms with Crippen molar-refractivity contribution in [2.75, 3.05) is 45.3 Å². The number of hydrogen-bond acceptors (Lipinski definition) is 4. The number of para-hydroxylation sites is 1. The summed E-state index contributed by atoms with van der Waals surface area (Å²) in [6.07, 6.45) is 1.30. The Bertz CT molecular complexity index is 594. The molecule has 1 N–H and O–H groups in total. The van der Waals surface area contributed by atoms with Crippen LogP contribution >= 0.6 is 0 Å². The van der Waals surface area contributed by atoms with Crippen LogP contribution < -0.4 is 5.32 Å². The molecule has 3 rings (SSSR count). The summed E-state index contributed by atoms with van der Waals surface area (Å²) < 4.78 is 10.2. The number of methoxy groups -OCH3 is 1. The summed E-state index contributed by atoms with van der Waals surface area (Å²) in [5, 5.41) is 2.97. The van der Waals surface area contributed by atoms with Crippen molar-refractivity contribution in [3.05, 3.63) is 29.8 Å². The minimum atomic E-state index is -0.482. The fraction of sp³-hybridized carbons (Fsp3) is 0.529. The van der Waals surface area contributed by atoms with E-state index in [-0.39, 0.29) is 18.4 Å². The largest absolute Gasteiger partial charge is 0.382 e. The maximum Gasteiger partial charge on any atom is 0.248 e. The molecule has 1 aromatic carbocycles. The van der Waals surface area contributed by atoms with Crippen LogP contribution in [0, 0.1) is 0 Å². The van der Waals surface area contributed by atoms with Gasteiger partial charge in [-0.05, 0) is 24.5 Å². The SMILES string of the molecule is COCCOCC(=O)N1CCC2(CC1)C(=O)Nc1ccccc12. The minimum Gasteiger partial charge on any atom is -0.382 e. The van der Waals surface area contributed by atoms with Crippen LogP contribution in [0.3, 0.4) is 0 Å². The number of rotatable bonds is 5. The van der Waals surface area contributed by atoms with Crippen LogP contribution in [0.25, 0.3) is 0 Å². The summed E-state index contributed by atoms with van der Waals surface area (Å²) in [6.45, 7) is 2.12. The molecule has 0 aliphatic carbocycles. The minimum absolute atomic E-state index is 0.0253. The van der Waals surface area contributed by atoms with Gasteiger partial charge in [-0.15, -0.1) is 0 Å². The monoisotopic (exact) mass is 318 g/mol. The van der Waals surface area contributed by atoms with E-state index in [1.807, 2.05) is 24.3 Å². The van der Waals surface area contributed by atoms with Crippen molar-refractivity contribution in [3.63, 3.8) is 0 Å². The van der Waals surface area contributed by atoms with Crippen LogP contribution in [0.2, 0.25) is 0 Å². The van der Waals surface area contributed by atoms with Crippen LogP contribution in [0.4, 0.5) is 5.69 Å². The van der Waals surface area contributed by atoms with Crippen molar-refractivity contribution < 1.29 is 19.1 Å². The molecule has 0 radical (unpaired) electrons. The predicted molar refractivity (Wildman–Crippen MR) is 85.3 cm³/mol. The lowest BCUT2D eigenvalue weighted by Gasteiger charge is -2.38. The molecular weight excluding hydrogens is 296 g/mol. The molecule has 0 unspecified atom stereocenters. The molecule has 1 aromatic rings. The van der Waals surface area contributed by atoms with Gasteiger partial charge < -0.3 is 19.7 Å². The number of hydrogen-bond donors (Lipinski definition) is 1. The zero-order valence-electron chi connectivity index (χ0n) is 13.3. The number of likely N-dealkylation sites (tertiary alicyclic amines) is 1. The van der Waals surface area contributed by atoms with Crippen molar-refractivity contribution in [2.45, 2.75) is 18.3 Å². The van der Waals surface area contributed by atoms with Gasteiger partial charge in [-0.25, -0.2) is 0 Å². The second kappa shape index (κ2) is 6.68. The van der Waals surface area contributed by atoms with E-state index < -0.39 is 5.41 Å². The Hall–Kier alpha value is -1.92. The van der Waals surface area contributed by atoms with E-state index in [0.717, 1.165) is 11.3 Å². The molecule has 2 aliphatic heterocycles.